The van der Waals surface area contributed by atoms with E-state index >= 15 is 0 Å². The minimum absolute atomic E-state index is 0.251. The molecule has 10 rings (SSSR count). The summed E-state index contributed by atoms with van der Waals surface area (Å²) in [6, 6.07) is 63.8. The van der Waals surface area contributed by atoms with Crippen LogP contribution < -0.4 is 42.0 Å². The van der Waals surface area contributed by atoms with Crippen molar-refractivity contribution in [2.24, 2.45) is 0 Å². The largest absolute Gasteiger partial charge is 0.311 e. The van der Waals surface area contributed by atoms with Crippen molar-refractivity contribution < 1.29 is 0 Å². The van der Waals surface area contributed by atoms with E-state index in [9.17, 15) is 0 Å². The zero-order valence-corrected chi connectivity index (χ0v) is 28.1. The molecule has 7 aromatic rings. The highest BCUT2D eigenvalue weighted by Crippen LogP contribution is 2.45. The van der Waals surface area contributed by atoms with Crippen LogP contribution in [0, 0.1) is 0 Å². The van der Waals surface area contributed by atoms with E-state index in [1.807, 2.05) is 23.5 Å². The van der Waals surface area contributed by atoms with E-state index in [0.29, 0.717) is 0 Å². The van der Waals surface area contributed by atoms with Crippen molar-refractivity contribution in [3.05, 3.63) is 170 Å². The Kier molecular flexibility index (Phi) is 6.23. The van der Waals surface area contributed by atoms with Crippen molar-refractivity contribution in [1.82, 2.24) is 0 Å². The molecule has 0 N–H and O–H groups in total. The third-order valence-corrected chi connectivity index (χ3v) is 17.2. The van der Waals surface area contributed by atoms with E-state index in [0.717, 1.165) is 0 Å². The quantitative estimate of drug-likeness (QED) is 0.207. The molecule has 3 aliphatic rings. The third kappa shape index (κ3) is 3.94. The van der Waals surface area contributed by atoms with Gasteiger partial charge >= 0.3 is 0 Å². The summed E-state index contributed by atoms with van der Waals surface area (Å²) in [7, 11) is -2.65. The first kappa shape index (κ1) is 27.4. The minimum Gasteiger partial charge on any atom is -0.311 e. The van der Waals surface area contributed by atoms with Gasteiger partial charge in [-0.15, -0.1) is 0 Å². The molecule has 0 radical (unpaired) electrons. The monoisotopic (exact) mass is 649 g/mol. The third-order valence-electron chi connectivity index (χ3n) is 10.0. The second kappa shape index (κ2) is 10.7. The summed E-state index contributed by atoms with van der Waals surface area (Å²) in [5.41, 5.74) is 8.06. The van der Waals surface area contributed by atoms with Crippen LogP contribution in [0.5, 0.6) is 0 Å². The lowest BCUT2D eigenvalue weighted by Gasteiger charge is -2.45. The van der Waals surface area contributed by atoms with Gasteiger partial charge in [0.2, 0.25) is 6.71 Å². The number of hydrogen-bond acceptors (Lipinski definition) is 3. The second-order valence-electron chi connectivity index (χ2n) is 12.4. The van der Waals surface area contributed by atoms with E-state index in [1.165, 1.54) is 73.8 Å². The van der Waals surface area contributed by atoms with Gasteiger partial charge in [-0.05, 0) is 62.6 Å². The Balaban J connectivity index is 1.25. The normalized spacial score (nSPS) is 14.7. The molecule has 7 aromatic carbocycles. The van der Waals surface area contributed by atoms with Crippen LogP contribution in [-0.4, -0.2) is 14.8 Å². The lowest BCUT2D eigenvalue weighted by Crippen LogP contribution is -2.77. The lowest BCUT2D eigenvalue weighted by molar-refractivity contribution is 1.24. The molecule has 220 valence electrons. The molecule has 0 aliphatic carbocycles. The topological polar surface area (TPSA) is 3.24 Å². The first-order valence-electron chi connectivity index (χ1n) is 16.1. The number of nitrogens with zero attached hydrogens (tertiary/aromatic N) is 1. The van der Waals surface area contributed by atoms with Gasteiger partial charge in [0, 0.05) is 36.6 Å². The molecule has 1 nitrogen and oxygen atoms in total. The summed E-state index contributed by atoms with van der Waals surface area (Å²) >= 11 is 3.85. The van der Waals surface area contributed by atoms with E-state index in [4.69, 9.17) is 0 Å². The number of para-hydroxylation sites is 2. The Morgan fingerprint density at radius 1 is 0.426 bits per heavy atom. The zero-order chi connectivity index (χ0) is 31.0. The van der Waals surface area contributed by atoms with Gasteiger partial charge in [-0.2, -0.15) is 0 Å². The molecule has 0 fully saturated rings. The van der Waals surface area contributed by atoms with E-state index in [2.05, 4.69) is 175 Å². The summed E-state index contributed by atoms with van der Waals surface area (Å²) in [5, 5.41) is 5.68. The molecular weight excluding hydrogens is 622 g/mol. The highest BCUT2D eigenvalue weighted by molar-refractivity contribution is 8.01. The average Bonchev–Trinajstić information content (AvgIpc) is 3.14. The van der Waals surface area contributed by atoms with Crippen LogP contribution >= 0.6 is 23.5 Å². The molecule has 3 aliphatic heterocycles. The molecule has 0 aromatic heterocycles. The Bertz CT molecular complexity index is 2180. The van der Waals surface area contributed by atoms with Gasteiger partial charge in [-0.1, -0.05) is 168 Å². The van der Waals surface area contributed by atoms with Crippen molar-refractivity contribution in [2.45, 2.75) is 19.6 Å². The number of benzene rings is 7. The molecule has 0 bridgehead atoms. The Morgan fingerprint density at radius 2 is 0.851 bits per heavy atom. The number of rotatable bonds is 3. The Hall–Kier alpha value is -4.68. The van der Waals surface area contributed by atoms with Crippen molar-refractivity contribution in [3.8, 4) is 0 Å². The maximum atomic E-state index is 2.55. The molecule has 0 amide bonds. The molecule has 0 atom stereocenters. The predicted molar refractivity (Wildman–Crippen MR) is 204 cm³/mol. The molecule has 5 heteroatoms. The maximum absolute atomic E-state index is 2.65. The zero-order valence-electron chi connectivity index (χ0n) is 25.5. The van der Waals surface area contributed by atoms with Gasteiger partial charge < -0.3 is 4.90 Å². The van der Waals surface area contributed by atoms with Crippen LogP contribution in [0.25, 0.3) is 0 Å². The minimum atomic E-state index is -2.65. The van der Waals surface area contributed by atoms with Crippen LogP contribution in [-0.2, 0) is 0 Å². The number of hydrogen-bond donors (Lipinski definition) is 0. The number of anilines is 3. The van der Waals surface area contributed by atoms with E-state index in [-0.39, 0.29) is 6.71 Å². The highest BCUT2D eigenvalue weighted by Gasteiger charge is 2.49. The van der Waals surface area contributed by atoms with E-state index in [1.54, 1.807) is 0 Å². The van der Waals surface area contributed by atoms with Crippen LogP contribution in [0.15, 0.2) is 189 Å². The van der Waals surface area contributed by atoms with Gasteiger partial charge in [0.1, 0.15) is 0 Å². The van der Waals surface area contributed by atoms with Gasteiger partial charge in [0.05, 0.1) is 0 Å². The predicted octanol–water partition coefficient (Wildman–Crippen LogP) is 6.29. The fraction of sp³-hybridized carbons (Fsp3) is 0. The van der Waals surface area contributed by atoms with Crippen LogP contribution in [0.4, 0.5) is 17.1 Å². The molecule has 47 heavy (non-hydrogen) atoms. The van der Waals surface area contributed by atoms with Crippen molar-refractivity contribution in [2.75, 3.05) is 4.90 Å². The first-order chi connectivity index (χ1) is 23.3. The van der Waals surface area contributed by atoms with Crippen LogP contribution in [0.2, 0.25) is 0 Å². The summed E-state index contributed by atoms with van der Waals surface area (Å²) in [5.74, 6) is 0. The summed E-state index contributed by atoms with van der Waals surface area (Å²) in [4.78, 5) is 7.98. The average molecular weight is 650 g/mol. The second-order valence-corrected chi connectivity index (χ2v) is 18.3. The number of fused-ring (bicyclic) bond motifs is 6. The fourth-order valence-corrected chi connectivity index (χ4v) is 15.8. The van der Waals surface area contributed by atoms with Gasteiger partial charge in [0.15, 0.2) is 8.07 Å². The van der Waals surface area contributed by atoms with Gasteiger partial charge in [0.25, 0.3) is 0 Å². The summed E-state index contributed by atoms with van der Waals surface area (Å²) < 4.78 is 0. The van der Waals surface area contributed by atoms with E-state index < -0.39 is 8.07 Å². The standard InChI is InChI=1S/C42H28BNS2Si/c1-3-15-30(16-4-1)47(31-17-5-2-6-18-31)40-25-13-9-21-34(40)44(35-22-10-14-26-41(35)47)29-27-38-42-39(28-29)46-37-24-12-8-20-33(37)43(42)32-19-7-11-23-36(32)45-38/h1-28H. The summed E-state index contributed by atoms with van der Waals surface area (Å²) in [6.07, 6.45) is 0. The molecule has 0 spiro atoms. The van der Waals surface area contributed by atoms with Gasteiger partial charge in [-0.3, -0.25) is 0 Å². The molecule has 0 saturated carbocycles. The molecule has 0 unspecified atom stereocenters. The highest BCUT2D eigenvalue weighted by atomic mass is 32.2. The van der Waals surface area contributed by atoms with Crippen LogP contribution in [0.3, 0.4) is 0 Å². The SMILES string of the molecule is c1ccc([Si]2(c3ccccc3)c3ccccc3N(c3cc4c5c(c3)Sc3ccccc3B5c3ccccc3S4)c3ccccc32)cc1. The van der Waals surface area contributed by atoms with Crippen molar-refractivity contribution >= 4 is 92.5 Å². The Morgan fingerprint density at radius 3 is 1.36 bits per heavy atom. The molecule has 3 heterocycles. The first-order valence-corrected chi connectivity index (χ1v) is 19.8. The van der Waals surface area contributed by atoms with Crippen molar-refractivity contribution in [1.29, 1.82) is 0 Å². The van der Waals surface area contributed by atoms with Crippen molar-refractivity contribution in [3.63, 3.8) is 0 Å². The van der Waals surface area contributed by atoms with Gasteiger partial charge in [-0.25, -0.2) is 0 Å². The maximum Gasteiger partial charge on any atom is 0.247 e. The summed E-state index contributed by atoms with van der Waals surface area (Å²) in [6.45, 7) is 0.251. The molecular formula is C42H28BNS2Si. The lowest BCUT2D eigenvalue weighted by atomic mass is 9.36. The Labute approximate surface area is 285 Å². The molecule has 0 saturated heterocycles. The fourth-order valence-electron chi connectivity index (χ4n) is 8.20. The smallest absolute Gasteiger partial charge is 0.247 e. The van der Waals surface area contributed by atoms with Crippen LogP contribution in [0.1, 0.15) is 0 Å².